The topological polar surface area (TPSA) is 86.6 Å². The van der Waals surface area contributed by atoms with Crippen LogP contribution in [0.15, 0.2) is 30.3 Å². The van der Waals surface area contributed by atoms with Crippen molar-refractivity contribution in [1.82, 2.24) is 4.72 Å². The zero-order valence-electron chi connectivity index (χ0n) is 9.82. The van der Waals surface area contributed by atoms with E-state index in [9.17, 15) is 8.42 Å². The lowest BCUT2D eigenvalue weighted by Crippen LogP contribution is -2.51. The van der Waals surface area contributed by atoms with Gasteiger partial charge >= 0.3 is 7.12 Å². The third kappa shape index (κ3) is 5.23. The third-order valence-corrected chi connectivity index (χ3v) is 4.45. The first-order valence-electron chi connectivity index (χ1n) is 5.36. The zero-order chi connectivity index (χ0) is 13.8. The summed E-state index contributed by atoms with van der Waals surface area (Å²) >= 11 is 1.94. The summed E-state index contributed by atoms with van der Waals surface area (Å²) in [5.74, 6) is -1.10. The van der Waals surface area contributed by atoms with Crippen LogP contribution in [0.25, 0.3) is 0 Å². The molecule has 0 heterocycles. The van der Waals surface area contributed by atoms with E-state index >= 15 is 0 Å². The fourth-order valence-corrected chi connectivity index (χ4v) is 3.68. The van der Waals surface area contributed by atoms with Crippen LogP contribution in [0.5, 0.6) is 0 Å². The largest absolute Gasteiger partial charge is 0.471 e. The van der Waals surface area contributed by atoms with Gasteiger partial charge in [-0.05, 0) is 5.56 Å². The number of hydrogen-bond donors (Lipinski definition) is 3. The molecule has 1 unspecified atom stereocenters. The van der Waals surface area contributed by atoms with Crippen molar-refractivity contribution >= 4 is 39.7 Å². The molecule has 0 fully saturated rings. The highest BCUT2D eigenvalue weighted by Gasteiger charge is 2.31. The highest BCUT2D eigenvalue weighted by molar-refractivity contribution is 14.1. The maximum atomic E-state index is 11.9. The first-order chi connectivity index (χ1) is 8.32. The maximum Gasteiger partial charge on any atom is 0.471 e. The van der Waals surface area contributed by atoms with E-state index in [1.54, 1.807) is 37.3 Å². The Labute approximate surface area is 121 Å². The van der Waals surface area contributed by atoms with E-state index < -0.39 is 23.1 Å². The first kappa shape index (κ1) is 15.9. The van der Waals surface area contributed by atoms with Gasteiger partial charge in [-0.15, -0.1) is 0 Å². The van der Waals surface area contributed by atoms with Crippen molar-refractivity contribution < 1.29 is 18.5 Å². The van der Waals surface area contributed by atoms with Crippen LogP contribution in [0.2, 0.25) is 0 Å². The van der Waals surface area contributed by atoms with Crippen molar-refractivity contribution in [3.63, 3.8) is 0 Å². The van der Waals surface area contributed by atoms with Gasteiger partial charge in [-0.1, -0.05) is 59.8 Å². The molecule has 0 radical (unpaired) electrons. The Morgan fingerprint density at radius 3 is 2.33 bits per heavy atom. The summed E-state index contributed by atoms with van der Waals surface area (Å²) < 4.78 is 25.8. The molecular weight excluding hydrogens is 368 g/mol. The Hall–Kier alpha value is -0.155. The summed E-state index contributed by atoms with van der Waals surface area (Å²) in [5.41, 5.74) is 0.650. The van der Waals surface area contributed by atoms with E-state index in [1.807, 2.05) is 22.6 Å². The Bertz CT molecular complexity index is 458. The number of halogens is 1. The molecule has 0 aromatic heterocycles. The van der Waals surface area contributed by atoms with Crippen molar-refractivity contribution in [2.24, 2.45) is 0 Å². The molecule has 100 valence electrons. The molecule has 0 aliphatic carbocycles. The second-order valence-electron chi connectivity index (χ2n) is 3.98. The molecule has 0 amide bonds. The van der Waals surface area contributed by atoms with Crippen LogP contribution in [-0.4, -0.2) is 35.5 Å². The van der Waals surface area contributed by atoms with Gasteiger partial charge in [0.25, 0.3) is 0 Å². The average Bonchev–Trinajstić information content (AvgIpc) is 2.26. The van der Waals surface area contributed by atoms with Crippen molar-refractivity contribution in [2.45, 2.75) is 22.5 Å². The number of nitrogens with one attached hydrogen (secondary N) is 1. The maximum absolute atomic E-state index is 11.9. The summed E-state index contributed by atoms with van der Waals surface area (Å²) in [6, 6.07) is 8.72. The van der Waals surface area contributed by atoms with Crippen molar-refractivity contribution in [2.75, 3.05) is 0 Å². The smallest absolute Gasteiger partial charge is 0.426 e. The number of rotatable bonds is 6. The molecule has 0 aliphatic rings. The third-order valence-electron chi connectivity index (χ3n) is 2.33. The zero-order valence-corrected chi connectivity index (χ0v) is 12.8. The minimum absolute atomic E-state index is 0.180. The Morgan fingerprint density at radius 2 is 1.89 bits per heavy atom. The predicted octanol–water partition coefficient (Wildman–Crippen LogP) is 0.310. The molecule has 0 bridgehead atoms. The lowest BCUT2D eigenvalue weighted by atomic mass is 9.79. The predicted molar refractivity (Wildman–Crippen MR) is 79.7 cm³/mol. The number of benzene rings is 1. The van der Waals surface area contributed by atoms with Gasteiger partial charge in [0.05, 0.1) is 11.7 Å². The molecule has 0 spiro atoms. The summed E-state index contributed by atoms with van der Waals surface area (Å²) in [6.45, 7) is 1.70. The molecule has 8 heteroatoms. The van der Waals surface area contributed by atoms with Gasteiger partial charge in [0, 0.05) is 3.92 Å². The van der Waals surface area contributed by atoms with E-state index in [4.69, 9.17) is 10.0 Å². The summed E-state index contributed by atoms with van der Waals surface area (Å²) in [4.78, 5) is 0. The van der Waals surface area contributed by atoms with Gasteiger partial charge in [0.1, 0.15) is 0 Å². The highest BCUT2D eigenvalue weighted by Crippen LogP contribution is 2.10. The highest BCUT2D eigenvalue weighted by atomic mass is 127. The van der Waals surface area contributed by atoms with E-state index in [-0.39, 0.29) is 9.68 Å². The number of alkyl halides is 1. The molecule has 1 aromatic rings. The van der Waals surface area contributed by atoms with Crippen LogP contribution in [0.4, 0.5) is 0 Å². The Balaban J connectivity index is 2.76. The monoisotopic (exact) mass is 383 g/mol. The lowest BCUT2D eigenvalue weighted by molar-refractivity contribution is 0.380. The fourth-order valence-electron chi connectivity index (χ4n) is 1.43. The van der Waals surface area contributed by atoms with Crippen LogP contribution < -0.4 is 4.72 Å². The number of hydrogen-bond acceptors (Lipinski definition) is 4. The molecular formula is C10H15BINO4S. The second kappa shape index (κ2) is 6.85. The van der Waals surface area contributed by atoms with E-state index in [1.165, 1.54) is 0 Å². The molecule has 18 heavy (non-hydrogen) atoms. The number of sulfonamides is 1. The van der Waals surface area contributed by atoms with Gasteiger partial charge < -0.3 is 10.0 Å². The molecule has 2 atom stereocenters. The Kier molecular flexibility index (Phi) is 6.05. The minimum atomic E-state index is -3.60. The van der Waals surface area contributed by atoms with Crippen LogP contribution in [0, 0.1) is 0 Å². The van der Waals surface area contributed by atoms with E-state index in [0.29, 0.717) is 5.56 Å². The van der Waals surface area contributed by atoms with Gasteiger partial charge in [-0.3, -0.25) is 0 Å². The molecule has 5 nitrogen and oxygen atoms in total. The second-order valence-corrected chi connectivity index (χ2v) is 7.70. The summed E-state index contributed by atoms with van der Waals surface area (Å²) in [5, 5.41) is 18.3. The normalized spacial score (nSPS) is 15.1. The van der Waals surface area contributed by atoms with Crippen molar-refractivity contribution in [1.29, 1.82) is 0 Å². The molecule has 3 N–H and O–H groups in total. The van der Waals surface area contributed by atoms with Crippen LogP contribution in [-0.2, 0) is 15.8 Å². The van der Waals surface area contributed by atoms with Crippen molar-refractivity contribution in [3.8, 4) is 0 Å². The van der Waals surface area contributed by atoms with E-state index in [0.717, 1.165) is 0 Å². The first-order valence-corrected chi connectivity index (χ1v) is 8.26. The summed E-state index contributed by atoms with van der Waals surface area (Å²) in [7, 11) is -5.32. The molecule has 0 saturated heterocycles. The average molecular weight is 383 g/mol. The van der Waals surface area contributed by atoms with Crippen molar-refractivity contribution in [3.05, 3.63) is 35.9 Å². The quantitative estimate of drug-likeness (QED) is 0.375. The molecule has 1 rings (SSSR count). The van der Waals surface area contributed by atoms with Gasteiger partial charge in [-0.25, -0.2) is 13.1 Å². The van der Waals surface area contributed by atoms with Crippen LogP contribution in [0.1, 0.15) is 12.5 Å². The molecule has 0 saturated carbocycles. The minimum Gasteiger partial charge on any atom is -0.426 e. The van der Waals surface area contributed by atoms with E-state index in [2.05, 4.69) is 4.72 Å². The SMILES string of the molecule is CC(I)[C@H](NS(=O)(=O)Cc1ccccc1)B(O)O. The summed E-state index contributed by atoms with van der Waals surface area (Å²) in [6.07, 6.45) is 0. The Morgan fingerprint density at radius 1 is 1.33 bits per heavy atom. The van der Waals surface area contributed by atoms with Gasteiger partial charge in [0.15, 0.2) is 0 Å². The van der Waals surface area contributed by atoms with Gasteiger partial charge in [-0.2, -0.15) is 0 Å². The van der Waals surface area contributed by atoms with Crippen LogP contribution in [0.3, 0.4) is 0 Å². The molecule has 1 aromatic carbocycles. The lowest BCUT2D eigenvalue weighted by Gasteiger charge is -2.20. The standard InChI is InChI=1S/C10H15BINO4S/c1-8(12)10(11(14)15)13-18(16,17)7-9-5-3-2-4-6-9/h2-6,8,10,13-15H,7H2,1H3/t8?,10-/m0/s1. The molecule has 0 aliphatic heterocycles. The van der Waals surface area contributed by atoms with Crippen LogP contribution >= 0.6 is 22.6 Å². The fraction of sp³-hybridized carbons (Fsp3) is 0.400. The van der Waals surface area contributed by atoms with Gasteiger partial charge in [0.2, 0.25) is 10.0 Å².